The Kier molecular flexibility index (Phi) is 5.52. The number of benzene rings is 2. The molecule has 152 valence electrons. The first-order chi connectivity index (χ1) is 14.4. The van der Waals surface area contributed by atoms with Crippen molar-refractivity contribution in [1.82, 2.24) is 9.71 Å². The predicted molar refractivity (Wildman–Crippen MR) is 116 cm³/mol. The number of sulfonamides is 1. The van der Waals surface area contributed by atoms with Crippen molar-refractivity contribution < 1.29 is 12.8 Å². The number of aromatic nitrogens is 1. The summed E-state index contributed by atoms with van der Waals surface area (Å²) in [6.45, 7) is 0.0904. The molecule has 2 heterocycles. The van der Waals surface area contributed by atoms with Crippen LogP contribution in [0.15, 0.2) is 70.7 Å². The molecular weight excluding hydrogens is 427 g/mol. The van der Waals surface area contributed by atoms with Crippen LogP contribution in [0, 0.1) is 5.82 Å². The summed E-state index contributed by atoms with van der Waals surface area (Å²) >= 11 is 6.09. The summed E-state index contributed by atoms with van der Waals surface area (Å²) in [5.41, 5.74) is 1.84. The second kappa shape index (κ2) is 8.25. The zero-order valence-corrected chi connectivity index (χ0v) is 17.1. The Morgan fingerprint density at radius 3 is 2.60 bits per heavy atom. The Morgan fingerprint density at radius 2 is 1.80 bits per heavy atom. The van der Waals surface area contributed by atoms with E-state index < -0.39 is 10.0 Å². The number of halogens is 2. The number of hydrogen-bond donors (Lipinski definition) is 2. The van der Waals surface area contributed by atoms with Crippen molar-refractivity contribution in [1.29, 1.82) is 0 Å². The highest BCUT2D eigenvalue weighted by atomic mass is 35.5. The third kappa shape index (κ3) is 4.19. The van der Waals surface area contributed by atoms with Crippen LogP contribution in [0.2, 0.25) is 5.02 Å². The van der Waals surface area contributed by atoms with Crippen LogP contribution in [-0.4, -0.2) is 19.4 Å². The third-order valence-corrected chi connectivity index (χ3v) is 6.12. The summed E-state index contributed by atoms with van der Waals surface area (Å²) in [4.78, 5) is 8.48. The molecule has 0 amide bonds. The third-order valence-electron chi connectivity index (χ3n) is 4.39. The molecule has 4 rings (SSSR count). The van der Waals surface area contributed by atoms with Crippen LogP contribution in [0.4, 0.5) is 10.1 Å². The number of fused-ring (bicyclic) bond motifs is 1. The number of guanidine groups is 1. The number of nitrogens with zero attached hydrogens (tertiary/aromatic N) is 2. The molecule has 0 unspecified atom stereocenters. The lowest BCUT2D eigenvalue weighted by Crippen LogP contribution is -2.41. The topological polar surface area (TPSA) is 83.5 Å². The number of pyridine rings is 1. The molecule has 0 saturated carbocycles. The Balaban J connectivity index is 1.68. The van der Waals surface area contributed by atoms with Crippen molar-refractivity contribution in [2.75, 3.05) is 5.32 Å². The van der Waals surface area contributed by atoms with E-state index in [-0.39, 0.29) is 23.2 Å². The molecule has 0 aliphatic carbocycles. The SMILES string of the molecule is O=S1(=O)NC(=NCc2ncccc2Cl)Nc2c(/C=C/c3ccccc3F)cccc21. The van der Waals surface area contributed by atoms with E-state index in [1.54, 1.807) is 60.8 Å². The fraction of sp³-hybridized carbons (Fsp3) is 0.0476. The molecule has 0 radical (unpaired) electrons. The van der Waals surface area contributed by atoms with Gasteiger partial charge >= 0.3 is 0 Å². The lowest BCUT2D eigenvalue weighted by Gasteiger charge is -2.23. The van der Waals surface area contributed by atoms with Gasteiger partial charge < -0.3 is 5.32 Å². The van der Waals surface area contributed by atoms with Gasteiger partial charge in [0.25, 0.3) is 10.0 Å². The van der Waals surface area contributed by atoms with Gasteiger partial charge in [-0.1, -0.05) is 54.1 Å². The van der Waals surface area contributed by atoms with E-state index in [2.05, 4.69) is 20.0 Å². The number of hydrogen-bond acceptors (Lipinski definition) is 4. The Bertz CT molecular complexity index is 1280. The maximum Gasteiger partial charge on any atom is 0.266 e. The second-order valence-electron chi connectivity index (χ2n) is 6.40. The molecule has 2 N–H and O–H groups in total. The zero-order chi connectivity index (χ0) is 21.1. The van der Waals surface area contributed by atoms with Gasteiger partial charge in [-0.3, -0.25) is 4.98 Å². The van der Waals surface area contributed by atoms with E-state index in [1.165, 1.54) is 12.1 Å². The average molecular weight is 443 g/mol. The highest BCUT2D eigenvalue weighted by molar-refractivity contribution is 7.90. The number of nitrogens with one attached hydrogen (secondary N) is 2. The van der Waals surface area contributed by atoms with E-state index in [0.717, 1.165) is 0 Å². The van der Waals surface area contributed by atoms with E-state index in [4.69, 9.17) is 11.6 Å². The molecule has 0 saturated heterocycles. The smallest absolute Gasteiger partial charge is 0.266 e. The summed E-state index contributed by atoms with van der Waals surface area (Å²) in [7, 11) is -3.82. The van der Waals surface area contributed by atoms with Crippen LogP contribution in [0.25, 0.3) is 12.2 Å². The van der Waals surface area contributed by atoms with E-state index in [0.29, 0.717) is 27.5 Å². The van der Waals surface area contributed by atoms with Crippen molar-refractivity contribution in [3.05, 3.63) is 88.5 Å². The monoisotopic (exact) mass is 442 g/mol. The first kappa shape index (κ1) is 20.1. The van der Waals surface area contributed by atoms with Gasteiger partial charge in [-0.05, 0) is 29.8 Å². The van der Waals surface area contributed by atoms with Crippen LogP contribution in [0.3, 0.4) is 0 Å². The minimum atomic E-state index is -3.82. The maximum atomic E-state index is 13.9. The number of para-hydroxylation sites is 1. The Hall–Kier alpha value is -3.23. The lowest BCUT2D eigenvalue weighted by atomic mass is 10.1. The summed E-state index contributed by atoms with van der Waals surface area (Å²) in [5.74, 6) is -0.314. The molecule has 0 spiro atoms. The summed E-state index contributed by atoms with van der Waals surface area (Å²) in [6, 6.07) is 14.5. The second-order valence-corrected chi connectivity index (χ2v) is 8.46. The molecule has 1 aromatic heterocycles. The van der Waals surface area contributed by atoms with Gasteiger partial charge in [-0.2, -0.15) is 0 Å². The Labute approximate surface area is 178 Å². The average Bonchev–Trinajstić information content (AvgIpc) is 2.72. The minimum absolute atomic E-state index is 0.0518. The number of aliphatic imine (C=N–C) groups is 1. The van der Waals surface area contributed by atoms with Gasteiger partial charge in [0, 0.05) is 11.8 Å². The highest BCUT2D eigenvalue weighted by Crippen LogP contribution is 2.30. The molecule has 3 aromatic rings. The largest absolute Gasteiger partial charge is 0.324 e. The van der Waals surface area contributed by atoms with Gasteiger partial charge in [0.2, 0.25) is 5.96 Å². The molecular formula is C21H16ClFN4O2S. The van der Waals surface area contributed by atoms with Gasteiger partial charge in [0.1, 0.15) is 10.7 Å². The first-order valence-electron chi connectivity index (χ1n) is 8.93. The van der Waals surface area contributed by atoms with Gasteiger partial charge in [0.15, 0.2) is 0 Å². The molecule has 30 heavy (non-hydrogen) atoms. The van der Waals surface area contributed by atoms with Gasteiger partial charge in [-0.25, -0.2) is 22.5 Å². The molecule has 2 aromatic carbocycles. The highest BCUT2D eigenvalue weighted by Gasteiger charge is 2.27. The molecule has 1 aliphatic heterocycles. The molecule has 0 atom stereocenters. The van der Waals surface area contributed by atoms with Crippen molar-refractivity contribution in [2.24, 2.45) is 4.99 Å². The predicted octanol–water partition coefficient (Wildman–Crippen LogP) is 4.30. The molecule has 9 heteroatoms. The van der Waals surface area contributed by atoms with Crippen molar-refractivity contribution in [2.45, 2.75) is 11.4 Å². The molecule has 0 fully saturated rings. The van der Waals surface area contributed by atoms with Crippen molar-refractivity contribution in [3.8, 4) is 0 Å². The van der Waals surface area contributed by atoms with Crippen LogP contribution in [-0.2, 0) is 16.6 Å². The van der Waals surface area contributed by atoms with Gasteiger partial charge in [0.05, 0.1) is 22.9 Å². The summed E-state index contributed by atoms with van der Waals surface area (Å²) < 4.78 is 41.7. The van der Waals surface area contributed by atoms with E-state index in [1.807, 2.05) is 0 Å². The number of rotatable bonds is 4. The van der Waals surface area contributed by atoms with Crippen LogP contribution in [0.5, 0.6) is 0 Å². The van der Waals surface area contributed by atoms with Crippen molar-refractivity contribution >= 4 is 45.4 Å². The molecule has 0 bridgehead atoms. The quantitative estimate of drug-likeness (QED) is 0.590. The standard InChI is InChI=1S/C21H16ClFN4O2S/c22-16-7-4-12-24-18(16)13-25-21-26-20-15(6-3-9-19(20)30(28,29)27-21)11-10-14-5-1-2-8-17(14)23/h1-12H,13H2,(H2,25,26,27)/b11-10+. The van der Waals surface area contributed by atoms with Crippen molar-refractivity contribution in [3.63, 3.8) is 0 Å². The maximum absolute atomic E-state index is 13.9. The van der Waals surface area contributed by atoms with Crippen LogP contribution >= 0.6 is 11.6 Å². The minimum Gasteiger partial charge on any atom is -0.324 e. The zero-order valence-electron chi connectivity index (χ0n) is 15.5. The summed E-state index contributed by atoms with van der Waals surface area (Å²) in [5, 5.41) is 3.44. The first-order valence-corrected chi connectivity index (χ1v) is 10.8. The van der Waals surface area contributed by atoms with E-state index >= 15 is 0 Å². The molecule has 6 nitrogen and oxygen atoms in total. The molecule has 1 aliphatic rings. The lowest BCUT2D eigenvalue weighted by molar-refractivity contribution is 0.591. The summed E-state index contributed by atoms with van der Waals surface area (Å²) in [6.07, 6.45) is 4.82. The normalized spacial score (nSPS) is 16.1. The van der Waals surface area contributed by atoms with E-state index in [9.17, 15) is 12.8 Å². The fourth-order valence-corrected chi connectivity index (χ4v) is 4.28. The fourth-order valence-electron chi connectivity index (χ4n) is 2.92. The van der Waals surface area contributed by atoms with Crippen LogP contribution < -0.4 is 10.0 Å². The van der Waals surface area contributed by atoms with Gasteiger partial charge in [-0.15, -0.1) is 0 Å². The van der Waals surface area contributed by atoms with Crippen LogP contribution in [0.1, 0.15) is 16.8 Å². The Morgan fingerprint density at radius 1 is 1.03 bits per heavy atom. The number of anilines is 1.